The van der Waals surface area contributed by atoms with Crippen molar-refractivity contribution in [3.8, 4) is 0 Å². The average Bonchev–Trinajstić information content (AvgIpc) is 2.64. The molecule has 0 aromatic rings. The van der Waals surface area contributed by atoms with E-state index in [1.807, 2.05) is 0 Å². The highest BCUT2D eigenvalue weighted by Gasteiger charge is 2.49. The maximum Gasteiger partial charge on any atom is 0.0126 e. The van der Waals surface area contributed by atoms with Crippen LogP contribution in [-0.2, 0) is 0 Å². The Hall–Kier alpha value is -0.0400. The predicted octanol–water partition coefficient (Wildman–Crippen LogP) is 4.86. The van der Waals surface area contributed by atoms with Gasteiger partial charge in [-0.1, -0.05) is 38.5 Å². The molecule has 0 bridgehead atoms. The highest BCUT2D eigenvalue weighted by atomic mass is 15.2. The van der Waals surface area contributed by atoms with Gasteiger partial charge < -0.3 is 0 Å². The summed E-state index contributed by atoms with van der Waals surface area (Å²) in [7, 11) is 2.50. The molecule has 0 aromatic heterocycles. The van der Waals surface area contributed by atoms with Crippen LogP contribution >= 0.6 is 0 Å². The summed E-state index contributed by atoms with van der Waals surface area (Å²) in [5.41, 5.74) is 0. The summed E-state index contributed by atoms with van der Waals surface area (Å²) in [5, 5.41) is 0. The van der Waals surface area contributed by atoms with Crippen LogP contribution in [0.3, 0.4) is 0 Å². The van der Waals surface area contributed by atoms with E-state index in [4.69, 9.17) is 0 Å². The lowest BCUT2D eigenvalue weighted by atomic mass is 9.62. The van der Waals surface area contributed by atoms with Crippen molar-refractivity contribution in [3.63, 3.8) is 0 Å². The van der Waals surface area contributed by atoms with E-state index < -0.39 is 0 Å². The standard InChI is InChI=1S/C19H33N/c1-20-18-12-6-4-10-16(18)14-8-2-3-9-15(14)17-11-5-7-13-19(17)20/h14-19H,2-13H2,1H3. The summed E-state index contributed by atoms with van der Waals surface area (Å²) in [5.74, 6) is 4.32. The molecule has 4 rings (SSSR count). The fraction of sp³-hybridized carbons (Fsp3) is 1.00. The van der Waals surface area contributed by atoms with Crippen molar-refractivity contribution in [1.82, 2.24) is 4.90 Å². The lowest BCUT2D eigenvalue weighted by Crippen LogP contribution is -2.47. The van der Waals surface area contributed by atoms with Crippen LogP contribution in [0.25, 0.3) is 0 Å². The second kappa shape index (κ2) is 5.63. The fourth-order valence-electron chi connectivity index (χ4n) is 6.79. The van der Waals surface area contributed by atoms with Gasteiger partial charge in [0, 0.05) is 12.1 Å². The Labute approximate surface area is 125 Å². The van der Waals surface area contributed by atoms with Crippen molar-refractivity contribution in [2.45, 2.75) is 89.1 Å². The Morgan fingerprint density at radius 2 is 0.850 bits per heavy atom. The smallest absolute Gasteiger partial charge is 0.0126 e. The minimum absolute atomic E-state index is 0.947. The normalized spacial score (nSPS) is 49.6. The van der Waals surface area contributed by atoms with Crippen molar-refractivity contribution in [2.75, 3.05) is 7.05 Å². The van der Waals surface area contributed by atoms with Gasteiger partial charge in [0.2, 0.25) is 0 Å². The predicted molar refractivity (Wildman–Crippen MR) is 84.7 cm³/mol. The van der Waals surface area contributed by atoms with E-state index in [1.165, 1.54) is 51.4 Å². The summed E-state index contributed by atoms with van der Waals surface area (Å²) >= 11 is 0. The minimum Gasteiger partial charge on any atom is -0.300 e. The molecule has 1 aliphatic heterocycles. The first-order valence-electron chi connectivity index (χ1n) is 9.58. The van der Waals surface area contributed by atoms with Crippen molar-refractivity contribution < 1.29 is 0 Å². The van der Waals surface area contributed by atoms with Gasteiger partial charge in [0.15, 0.2) is 0 Å². The monoisotopic (exact) mass is 275 g/mol. The van der Waals surface area contributed by atoms with E-state index in [9.17, 15) is 0 Å². The van der Waals surface area contributed by atoms with Crippen molar-refractivity contribution in [2.24, 2.45) is 23.7 Å². The van der Waals surface area contributed by atoms with Crippen LogP contribution in [0, 0.1) is 23.7 Å². The molecule has 6 unspecified atom stereocenters. The van der Waals surface area contributed by atoms with Gasteiger partial charge in [-0.25, -0.2) is 0 Å². The molecule has 0 spiro atoms. The molecule has 0 amide bonds. The zero-order valence-electron chi connectivity index (χ0n) is 13.4. The average molecular weight is 275 g/mol. The van der Waals surface area contributed by atoms with Crippen LogP contribution in [0.1, 0.15) is 77.0 Å². The number of likely N-dealkylation sites (tertiary alicyclic amines) is 1. The molecule has 0 radical (unpaired) electrons. The van der Waals surface area contributed by atoms with E-state index in [0.717, 1.165) is 35.8 Å². The topological polar surface area (TPSA) is 3.24 Å². The maximum atomic E-state index is 2.91. The number of nitrogens with zero attached hydrogens (tertiary/aromatic N) is 1. The molecule has 114 valence electrons. The van der Waals surface area contributed by atoms with Crippen LogP contribution in [0.5, 0.6) is 0 Å². The van der Waals surface area contributed by atoms with E-state index >= 15 is 0 Å². The molecule has 0 aromatic carbocycles. The molecule has 3 saturated carbocycles. The molecule has 4 fully saturated rings. The van der Waals surface area contributed by atoms with Crippen LogP contribution in [0.4, 0.5) is 0 Å². The van der Waals surface area contributed by atoms with Crippen LogP contribution < -0.4 is 0 Å². The zero-order valence-corrected chi connectivity index (χ0v) is 13.4. The Kier molecular flexibility index (Phi) is 3.83. The van der Waals surface area contributed by atoms with Gasteiger partial charge in [-0.05, 0) is 69.2 Å². The molecule has 1 saturated heterocycles. The van der Waals surface area contributed by atoms with Crippen LogP contribution in [0.15, 0.2) is 0 Å². The Morgan fingerprint density at radius 1 is 0.500 bits per heavy atom. The van der Waals surface area contributed by atoms with Crippen LogP contribution in [0.2, 0.25) is 0 Å². The summed E-state index contributed by atoms with van der Waals surface area (Å²) in [6, 6.07) is 1.89. The summed E-state index contributed by atoms with van der Waals surface area (Å²) in [6.45, 7) is 0. The number of rotatable bonds is 0. The molecule has 1 heteroatoms. The maximum absolute atomic E-state index is 2.91. The quantitative estimate of drug-likeness (QED) is 0.610. The Balaban J connectivity index is 1.69. The Morgan fingerprint density at radius 3 is 1.30 bits per heavy atom. The number of hydrogen-bond acceptors (Lipinski definition) is 1. The van der Waals surface area contributed by atoms with E-state index in [-0.39, 0.29) is 0 Å². The molecule has 4 aliphatic rings. The first-order chi connectivity index (χ1) is 9.86. The highest BCUT2D eigenvalue weighted by Crippen LogP contribution is 2.52. The van der Waals surface area contributed by atoms with Crippen molar-refractivity contribution in [3.05, 3.63) is 0 Å². The van der Waals surface area contributed by atoms with Gasteiger partial charge in [-0.2, -0.15) is 0 Å². The molecule has 6 atom stereocenters. The second-order valence-electron chi connectivity index (χ2n) is 8.31. The van der Waals surface area contributed by atoms with Gasteiger partial charge >= 0.3 is 0 Å². The molecule has 1 heterocycles. The molecular weight excluding hydrogens is 242 g/mol. The molecule has 3 aliphatic carbocycles. The summed E-state index contributed by atoms with van der Waals surface area (Å²) in [4.78, 5) is 2.91. The summed E-state index contributed by atoms with van der Waals surface area (Å²) < 4.78 is 0. The van der Waals surface area contributed by atoms with Crippen molar-refractivity contribution >= 4 is 0 Å². The van der Waals surface area contributed by atoms with Crippen LogP contribution in [-0.4, -0.2) is 24.0 Å². The summed E-state index contributed by atoms with van der Waals surface area (Å²) in [6.07, 6.45) is 18.4. The first-order valence-corrected chi connectivity index (χ1v) is 9.58. The molecule has 0 N–H and O–H groups in total. The molecular formula is C19H33N. The number of fused-ring (bicyclic) bond motifs is 5. The van der Waals surface area contributed by atoms with Gasteiger partial charge in [0.1, 0.15) is 0 Å². The van der Waals surface area contributed by atoms with Gasteiger partial charge in [0.25, 0.3) is 0 Å². The Bertz CT molecular complexity index is 307. The first kappa shape index (κ1) is 13.6. The van der Waals surface area contributed by atoms with E-state index in [2.05, 4.69) is 11.9 Å². The lowest BCUT2D eigenvalue weighted by molar-refractivity contribution is 0.0607. The third-order valence-corrected chi connectivity index (χ3v) is 7.58. The fourth-order valence-corrected chi connectivity index (χ4v) is 6.79. The molecule has 20 heavy (non-hydrogen) atoms. The van der Waals surface area contributed by atoms with Gasteiger partial charge in [-0.15, -0.1) is 0 Å². The largest absolute Gasteiger partial charge is 0.300 e. The van der Waals surface area contributed by atoms with Gasteiger partial charge in [0.05, 0.1) is 0 Å². The third-order valence-electron chi connectivity index (χ3n) is 7.58. The van der Waals surface area contributed by atoms with Crippen molar-refractivity contribution in [1.29, 1.82) is 0 Å². The van der Waals surface area contributed by atoms with E-state index in [0.29, 0.717) is 0 Å². The second-order valence-corrected chi connectivity index (χ2v) is 8.31. The SMILES string of the molecule is CN1C2CCCCC2C2CCCCC2C2CCCCC21. The minimum atomic E-state index is 0.947. The third kappa shape index (κ3) is 2.16. The highest BCUT2D eigenvalue weighted by molar-refractivity contribution is 5.01. The van der Waals surface area contributed by atoms with E-state index in [1.54, 1.807) is 25.7 Å². The van der Waals surface area contributed by atoms with Gasteiger partial charge in [-0.3, -0.25) is 4.90 Å². The molecule has 1 nitrogen and oxygen atoms in total. The zero-order chi connectivity index (χ0) is 13.5. The number of hydrogen-bond donors (Lipinski definition) is 0. The lowest BCUT2D eigenvalue weighted by Gasteiger charge is -2.43.